The van der Waals surface area contributed by atoms with Crippen molar-refractivity contribution in [2.45, 2.75) is 11.4 Å². The fourth-order valence-corrected chi connectivity index (χ4v) is 4.53. The van der Waals surface area contributed by atoms with Crippen LogP contribution >= 0.6 is 11.6 Å². The maximum atomic E-state index is 13.3. The van der Waals surface area contributed by atoms with Crippen molar-refractivity contribution in [3.8, 4) is 0 Å². The molecule has 3 aromatic carbocycles. The molecule has 0 radical (unpaired) electrons. The normalized spacial score (nSPS) is 13.4. The van der Waals surface area contributed by atoms with Crippen LogP contribution in [-0.2, 0) is 21.4 Å². The molecular weight excluding hydrogens is 457 g/mol. The summed E-state index contributed by atoms with van der Waals surface area (Å²) in [7, 11) is -3.90. The van der Waals surface area contributed by atoms with Crippen molar-refractivity contribution in [3.05, 3.63) is 88.7 Å². The highest BCUT2D eigenvalue weighted by molar-refractivity contribution is 7.89. The Kier molecular flexibility index (Phi) is 5.96. The third-order valence-corrected chi connectivity index (χ3v) is 6.57. The smallest absolute Gasteiger partial charge is 0.258 e. The highest BCUT2D eigenvalue weighted by atomic mass is 35.5. The molecule has 0 saturated heterocycles. The zero-order valence-electron chi connectivity index (χ0n) is 16.5. The average molecular weight is 474 g/mol. The molecule has 0 unspecified atom stereocenters. The lowest BCUT2D eigenvalue weighted by Gasteiger charge is -2.29. The number of nitrogens with one attached hydrogen (secondary N) is 2. The van der Waals surface area contributed by atoms with Crippen molar-refractivity contribution in [1.82, 2.24) is 4.72 Å². The van der Waals surface area contributed by atoms with Crippen LogP contribution < -0.4 is 14.9 Å². The molecule has 7 nitrogen and oxygen atoms in total. The first-order valence-electron chi connectivity index (χ1n) is 9.49. The van der Waals surface area contributed by atoms with Crippen LogP contribution in [0.15, 0.2) is 71.6 Å². The Bertz CT molecular complexity index is 1310. The van der Waals surface area contributed by atoms with Crippen LogP contribution in [0.2, 0.25) is 5.02 Å². The van der Waals surface area contributed by atoms with E-state index in [2.05, 4.69) is 10.0 Å². The number of fused-ring (bicyclic) bond motifs is 1. The molecule has 0 fully saturated rings. The van der Waals surface area contributed by atoms with Gasteiger partial charge in [-0.05, 0) is 48.0 Å². The second kappa shape index (κ2) is 8.70. The number of carbonyl (C=O) groups is 2. The zero-order valence-corrected chi connectivity index (χ0v) is 18.1. The van der Waals surface area contributed by atoms with E-state index in [1.165, 1.54) is 4.90 Å². The fraction of sp³-hybridized carbons (Fsp3) is 0.0909. The maximum absolute atomic E-state index is 13.3. The number of carbonyl (C=O) groups excluding carboxylic acids is 2. The summed E-state index contributed by atoms with van der Waals surface area (Å²) in [5, 5.41) is 2.44. The molecule has 1 aliphatic heterocycles. The van der Waals surface area contributed by atoms with Gasteiger partial charge in [-0.2, -0.15) is 0 Å². The Morgan fingerprint density at radius 3 is 2.53 bits per heavy atom. The highest BCUT2D eigenvalue weighted by Gasteiger charge is 2.27. The summed E-state index contributed by atoms with van der Waals surface area (Å²) in [5.41, 5.74) is 2.12. The van der Waals surface area contributed by atoms with E-state index in [0.29, 0.717) is 22.5 Å². The first-order valence-corrected chi connectivity index (χ1v) is 11.3. The Balaban J connectivity index is 1.47. The molecule has 0 spiro atoms. The number of anilines is 2. The van der Waals surface area contributed by atoms with Gasteiger partial charge in [0.25, 0.3) is 5.91 Å². The van der Waals surface area contributed by atoms with Crippen molar-refractivity contribution in [3.63, 3.8) is 0 Å². The molecule has 1 heterocycles. The molecule has 3 aromatic rings. The van der Waals surface area contributed by atoms with Crippen LogP contribution in [-0.4, -0.2) is 26.8 Å². The molecular formula is C22H17ClFN3O4S. The molecule has 10 heteroatoms. The van der Waals surface area contributed by atoms with Gasteiger partial charge in [-0.15, -0.1) is 0 Å². The molecule has 2 amide bonds. The van der Waals surface area contributed by atoms with Crippen LogP contribution in [0.1, 0.15) is 15.9 Å². The SMILES string of the molecule is O=C1CN(C(=O)c2ccc(CNS(=O)(=O)c3ccc(F)c(Cl)c3)cc2)c2ccccc2N1. The molecule has 0 bridgehead atoms. The van der Waals surface area contributed by atoms with Gasteiger partial charge in [-0.3, -0.25) is 14.5 Å². The van der Waals surface area contributed by atoms with Gasteiger partial charge in [0.2, 0.25) is 15.9 Å². The van der Waals surface area contributed by atoms with Crippen LogP contribution in [0.25, 0.3) is 0 Å². The van der Waals surface area contributed by atoms with E-state index < -0.39 is 15.8 Å². The quantitative estimate of drug-likeness (QED) is 0.592. The summed E-state index contributed by atoms with van der Waals surface area (Å²) < 4.78 is 40.5. The van der Waals surface area contributed by atoms with Crippen molar-refractivity contribution in [2.75, 3.05) is 16.8 Å². The number of sulfonamides is 1. The van der Waals surface area contributed by atoms with Gasteiger partial charge in [0.1, 0.15) is 12.4 Å². The van der Waals surface area contributed by atoms with Crippen molar-refractivity contribution in [1.29, 1.82) is 0 Å². The predicted molar refractivity (Wildman–Crippen MR) is 119 cm³/mol. The number of hydrogen-bond acceptors (Lipinski definition) is 4. The Morgan fingerprint density at radius 1 is 1.09 bits per heavy atom. The minimum atomic E-state index is -3.90. The van der Waals surface area contributed by atoms with E-state index in [-0.39, 0.29) is 34.8 Å². The lowest BCUT2D eigenvalue weighted by Crippen LogP contribution is -2.42. The Labute approximate surface area is 188 Å². The lowest BCUT2D eigenvalue weighted by atomic mass is 10.1. The topological polar surface area (TPSA) is 95.6 Å². The van der Waals surface area contributed by atoms with E-state index in [0.717, 1.165) is 18.2 Å². The summed E-state index contributed by atoms with van der Waals surface area (Å²) in [6.45, 7) is -0.140. The highest BCUT2D eigenvalue weighted by Crippen LogP contribution is 2.30. The van der Waals surface area contributed by atoms with Crippen molar-refractivity contribution < 1.29 is 22.4 Å². The molecule has 32 heavy (non-hydrogen) atoms. The summed E-state index contributed by atoms with van der Waals surface area (Å²) in [5.74, 6) is -1.34. The van der Waals surface area contributed by atoms with Gasteiger partial charge >= 0.3 is 0 Å². The average Bonchev–Trinajstić information content (AvgIpc) is 2.78. The fourth-order valence-electron chi connectivity index (χ4n) is 3.24. The van der Waals surface area contributed by atoms with E-state index in [4.69, 9.17) is 11.6 Å². The third-order valence-electron chi connectivity index (χ3n) is 4.88. The van der Waals surface area contributed by atoms with Crippen LogP contribution in [0.4, 0.5) is 15.8 Å². The Hall–Kier alpha value is -3.27. The molecule has 0 saturated carbocycles. The van der Waals surface area contributed by atoms with Crippen LogP contribution in [0.3, 0.4) is 0 Å². The Morgan fingerprint density at radius 2 is 1.81 bits per heavy atom. The van der Waals surface area contributed by atoms with Crippen molar-refractivity contribution >= 4 is 44.8 Å². The number of amides is 2. The van der Waals surface area contributed by atoms with Gasteiger partial charge in [0.05, 0.1) is 21.3 Å². The third kappa shape index (κ3) is 4.50. The van der Waals surface area contributed by atoms with E-state index >= 15 is 0 Å². The zero-order chi connectivity index (χ0) is 22.9. The number of nitrogens with zero attached hydrogens (tertiary/aromatic N) is 1. The number of para-hydroxylation sites is 2. The molecule has 1 aliphatic rings. The molecule has 4 rings (SSSR count). The second-order valence-corrected chi connectivity index (χ2v) is 9.23. The molecule has 2 N–H and O–H groups in total. The van der Waals surface area contributed by atoms with Gasteiger partial charge in [0, 0.05) is 12.1 Å². The first-order chi connectivity index (χ1) is 15.2. The largest absolute Gasteiger partial charge is 0.323 e. The molecule has 164 valence electrons. The maximum Gasteiger partial charge on any atom is 0.258 e. The van der Waals surface area contributed by atoms with Crippen LogP contribution in [0, 0.1) is 5.82 Å². The van der Waals surface area contributed by atoms with Gasteiger partial charge in [-0.25, -0.2) is 17.5 Å². The number of halogens is 2. The molecule has 0 aromatic heterocycles. The number of hydrogen-bond donors (Lipinski definition) is 2. The van der Waals surface area contributed by atoms with E-state index in [1.54, 1.807) is 48.5 Å². The monoisotopic (exact) mass is 473 g/mol. The van der Waals surface area contributed by atoms with Gasteiger partial charge < -0.3 is 5.32 Å². The van der Waals surface area contributed by atoms with Gasteiger partial charge in [-0.1, -0.05) is 35.9 Å². The molecule has 0 aliphatic carbocycles. The standard InChI is InChI=1S/C22H17ClFN3O4S/c23-17-11-16(9-10-18(17)24)32(30,31)25-12-14-5-7-15(8-6-14)22(29)27-13-21(28)26-19-3-1-2-4-20(19)27/h1-11,25H,12-13H2,(H,26,28). The minimum absolute atomic E-state index is 0.0409. The molecule has 0 atom stereocenters. The number of benzene rings is 3. The second-order valence-electron chi connectivity index (χ2n) is 7.05. The van der Waals surface area contributed by atoms with E-state index in [9.17, 15) is 22.4 Å². The lowest BCUT2D eigenvalue weighted by molar-refractivity contribution is -0.115. The first kappa shape index (κ1) is 21.9. The summed E-state index contributed by atoms with van der Waals surface area (Å²) >= 11 is 5.66. The van der Waals surface area contributed by atoms with E-state index in [1.807, 2.05) is 0 Å². The number of rotatable bonds is 5. The summed E-state index contributed by atoms with van der Waals surface area (Å²) in [6.07, 6.45) is 0. The van der Waals surface area contributed by atoms with Gasteiger partial charge in [0.15, 0.2) is 0 Å². The summed E-state index contributed by atoms with van der Waals surface area (Å²) in [4.78, 5) is 26.2. The van der Waals surface area contributed by atoms with Crippen molar-refractivity contribution in [2.24, 2.45) is 0 Å². The summed E-state index contributed by atoms with van der Waals surface area (Å²) in [6, 6.07) is 16.5. The minimum Gasteiger partial charge on any atom is -0.323 e. The predicted octanol–water partition coefficient (Wildman–Crippen LogP) is 3.56. The van der Waals surface area contributed by atoms with Crippen LogP contribution in [0.5, 0.6) is 0 Å².